The molecule has 1 aliphatic heterocycles. The SMILES string of the molecule is COc1ccccc1CC1=CC=CN(c2ccccc2)C1. The number of para-hydroxylation sites is 2. The Labute approximate surface area is 126 Å². The Bertz CT molecular complexity index is 658. The quantitative estimate of drug-likeness (QED) is 0.830. The zero-order chi connectivity index (χ0) is 14.5. The van der Waals surface area contributed by atoms with E-state index >= 15 is 0 Å². The summed E-state index contributed by atoms with van der Waals surface area (Å²) in [5.74, 6) is 0.958. The molecule has 0 amide bonds. The third-order valence-corrected chi connectivity index (χ3v) is 3.67. The van der Waals surface area contributed by atoms with Crippen LogP contribution in [0.1, 0.15) is 5.56 Å². The van der Waals surface area contributed by atoms with Gasteiger partial charge in [-0.25, -0.2) is 0 Å². The molecule has 2 aromatic carbocycles. The van der Waals surface area contributed by atoms with Crippen LogP contribution in [0, 0.1) is 0 Å². The number of methoxy groups -OCH3 is 1. The van der Waals surface area contributed by atoms with Crippen molar-refractivity contribution in [2.45, 2.75) is 6.42 Å². The first kappa shape index (κ1) is 13.5. The zero-order valence-corrected chi connectivity index (χ0v) is 12.2. The van der Waals surface area contributed by atoms with Crippen molar-refractivity contribution in [3.63, 3.8) is 0 Å². The molecule has 0 atom stereocenters. The van der Waals surface area contributed by atoms with E-state index in [0.717, 1.165) is 18.7 Å². The fraction of sp³-hybridized carbons (Fsp3) is 0.158. The van der Waals surface area contributed by atoms with Crippen LogP contribution < -0.4 is 9.64 Å². The lowest BCUT2D eigenvalue weighted by molar-refractivity contribution is 0.410. The summed E-state index contributed by atoms with van der Waals surface area (Å²) in [7, 11) is 1.73. The summed E-state index contributed by atoms with van der Waals surface area (Å²) < 4.78 is 5.44. The molecule has 0 unspecified atom stereocenters. The van der Waals surface area contributed by atoms with Crippen molar-refractivity contribution >= 4 is 5.69 Å². The van der Waals surface area contributed by atoms with Crippen LogP contribution in [0.4, 0.5) is 5.69 Å². The van der Waals surface area contributed by atoms with E-state index in [-0.39, 0.29) is 0 Å². The number of rotatable bonds is 4. The van der Waals surface area contributed by atoms with Crippen molar-refractivity contribution in [2.24, 2.45) is 0 Å². The number of allylic oxidation sites excluding steroid dienone is 2. The molecular formula is C19H19NO. The Morgan fingerprint density at radius 2 is 1.76 bits per heavy atom. The molecule has 0 aliphatic carbocycles. The molecule has 21 heavy (non-hydrogen) atoms. The number of hydrogen-bond acceptors (Lipinski definition) is 2. The summed E-state index contributed by atoms with van der Waals surface area (Å²) in [5.41, 5.74) is 3.83. The van der Waals surface area contributed by atoms with E-state index < -0.39 is 0 Å². The number of ether oxygens (including phenoxy) is 1. The third kappa shape index (κ3) is 3.16. The van der Waals surface area contributed by atoms with Crippen molar-refractivity contribution in [3.8, 4) is 5.75 Å². The van der Waals surface area contributed by atoms with Gasteiger partial charge in [-0.15, -0.1) is 0 Å². The Hall–Kier alpha value is -2.48. The maximum atomic E-state index is 5.44. The van der Waals surface area contributed by atoms with Crippen LogP contribution in [-0.2, 0) is 6.42 Å². The third-order valence-electron chi connectivity index (χ3n) is 3.67. The maximum Gasteiger partial charge on any atom is 0.122 e. The van der Waals surface area contributed by atoms with Crippen molar-refractivity contribution in [3.05, 3.63) is 84.1 Å². The van der Waals surface area contributed by atoms with E-state index in [1.54, 1.807) is 7.11 Å². The van der Waals surface area contributed by atoms with Gasteiger partial charge in [0.05, 0.1) is 7.11 Å². The number of nitrogens with zero attached hydrogens (tertiary/aromatic N) is 1. The van der Waals surface area contributed by atoms with Gasteiger partial charge in [0.15, 0.2) is 0 Å². The van der Waals surface area contributed by atoms with Crippen LogP contribution >= 0.6 is 0 Å². The summed E-state index contributed by atoms with van der Waals surface area (Å²) in [6, 6.07) is 18.7. The predicted octanol–water partition coefficient (Wildman–Crippen LogP) is 4.20. The van der Waals surface area contributed by atoms with Crippen molar-refractivity contribution in [1.29, 1.82) is 0 Å². The summed E-state index contributed by atoms with van der Waals surface area (Å²) in [6.45, 7) is 0.915. The van der Waals surface area contributed by atoms with Gasteiger partial charge in [-0.2, -0.15) is 0 Å². The summed E-state index contributed by atoms with van der Waals surface area (Å²) in [5, 5.41) is 0. The summed E-state index contributed by atoms with van der Waals surface area (Å²) in [6.07, 6.45) is 7.35. The van der Waals surface area contributed by atoms with Crippen molar-refractivity contribution in [2.75, 3.05) is 18.6 Å². The van der Waals surface area contributed by atoms with Gasteiger partial charge in [0, 0.05) is 18.4 Å². The molecule has 1 heterocycles. The average molecular weight is 277 g/mol. The molecule has 2 heteroatoms. The van der Waals surface area contributed by atoms with Gasteiger partial charge >= 0.3 is 0 Å². The van der Waals surface area contributed by atoms with Gasteiger partial charge in [-0.3, -0.25) is 0 Å². The highest BCUT2D eigenvalue weighted by atomic mass is 16.5. The molecule has 0 fully saturated rings. The fourth-order valence-electron chi connectivity index (χ4n) is 2.61. The van der Waals surface area contributed by atoms with Gasteiger partial charge in [0.2, 0.25) is 0 Å². The Morgan fingerprint density at radius 1 is 1.00 bits per heavy atom. The molecule has 0 radical (unpaired) electrons. The average Bonchev–Trinajstić information content (AvgIpc) is 2.56. The van der Waals surface area contributed by atoms with E-state index in [1.165, 1.54) is 16.8 Å². The van der Waals surface area contributed by atoms with Crippen LogP contribution in [-0.4, -0.2) is 13.7 Å². The van der Waals surface area contributed by atoms with Gasteiger partial charge in [0.1, 0.15) is 5.75 Å². The molecule has 2 nitrogen and oxygen atoms in total. The van der Waals surface area contributed by atoms with Gasteiger partial charge < -0.3 is 9.64 Å². The molecule has 0 saturated carbocycles. The highest BCUT2D eigenvalue weighted by molar-refractivity contribution is 5.53. The van der Waals surface area contributed by atoms with Crippen LogP contribution in [0.2, 0.25) is 0 Å². The number of benzene rings is 2. The predicted molar refractivity (Wildman–Crippen MR) is 87.7 cm³/mol. The van der Waals surface area contributed by atoms with Crippen molar-refractivity contribution < 1.29 is 4.74 Å². The van der Waals surface area contributed by atoms with Gasteiger partial charge in [-0.05, 0) is 41.8 Å². The molecule has 0 spiro atoms. The number of hydrogen-bond donors (Lipinski definition) is 0. The molecule has 2 aromatic rings. The normalized spacial score (nSPS) is 14.0. The first-order chi connectivity index (χ1) is 10.4. The molecular weight excluding hydrogens is 258 g/mol. The molecule has 0 bridgehead atoms. The van der Waals surface area contributed by atoms with Crippen LogP contribution in [0.5, 0.6) is 5.75 Å². The van der Waals surface area contributed by atoms with Crippen LogP contribution in [0.3, 0.4) is 0 Å². The molecule has 0 N–H and O–H groups in total. The maximum absolute atomic E-state index is 5.44. The van der Waals surface area contributed by atoms with E-state index in [2.05, 4.69) is 59.7 Å². The molecule has 0 aromatic heterocycles. The lowest BCUT2D eigenvalue weighted by Gasteiger charge is -2.25. The first-order valence-electron chi connectivity index (χ1n) is 7.16. The van der Waals surface area contributed by atoms with E-state index in [9.17, 15) is 0 Å². The minimum absolute atomic E-state index is 0.914. The van der Waals surface area contributed by atoms with Crippen molar-refractivity contribution in [1.82, 2.24) is 0 Å². The Morgan fingerprint density at radius 3 is 2.57 bits per heavy atom. The second-order valence-corrected chi connectivity index (χ2v) is 5.12. The standard InChI is InChI=1S/C19H19NO/c1-21-19-12-6-5-9-17(19)14-16-8-7-13-20(15-16)18-10-3-2-4-11-18/h2-13H,14-15H2,1H3. The van der Waals surface area contributed by atoms with Gasteiger partial charge in [-0.1, -0.05) is 42.5 Å². The van der Waals surface area contributed by atoms with E-state index in [1.807, 2.05) is 18.2 Å². The lowest BCUT2D eigenvalue weighted by atomic mass is 10.0. The van der Waals surface area contributed by atoms with Crippen LogP contribution in [0.15, 0.2) is 78.5 Å². The summed E-state index contributed by atoms with van der Waals surface area (Å²) in [4.78, 5) is 2.27. The second-order valence-electron chi connectivity index (χ2n) is 5.12. The Kier molecular flexibility index (Phi) is 4.06. The monoisotopic (exact) mass is 277 g/mol. The zero-order valence-electron chi connectivity index (χ0n) is 12.2. The summed E-state index contributed by atoms with van der Waals surface area (Å²) >= 11 is 0. The number of anilines is 1. The van der Waals surface area contributed by atoms with E-state index in [0.29, 0.717) is 0 Å². The second kappa shape index (κ2) is 6.31. The molecule has 3 rings (SSSR count). The molecule has 0 saturated heterocycles. The van der Waals surface area contributed by atoms with E-state index in [4.69, 9.17) is 4.74 Å². The highest BCUT2D eigenvalue weighted by Crippen LogP contribution is 2.24. The topological polar surface area (TPSA) is 12.5 Å². The first-order valence-corrected chi connectivity index (χ1v) is 7.16. The Balaban J connectivity index is 1.75. The fourth-order valence-corrected chi connectivity index (χ4v) is 2.61. The smallest absolute Gasteiger partial charge is 0.122 e. The molecule has 1 aliphatic rings. The minimum Gasteiger partial charge on any atom is -0.496 e. The molecule has 106 valence electrons. The largest absolute Gasteiger partial charge is 0.496 e. The lowest BCUT2D eigenvalue weighted by Crippen LogP contribution is -2.22. The minimum atomic E-state index is 0.914. The van der Waals surface area contributed by atoms with Crippen LogP contribution in [0.25, 0.3) is 0 Å². The highest BCUT2D eigenvalue weighted by Gasteiger charge is 2.11. The van der Waals surface area contributed by atoms with Gasteiger partial charge in [0.25, 0.3) is 0 Å².